The summed E-state index contributed by atoms with van der Waals surface area (Å²) in [6, 6.07) is 5.72. The molecule has 0 spiro atoms. The molecule has 0 aromatic carbocycles. The normalized spacial score (nSPS) is 14.4. The topological polar surface area (TPSA) is 46.9 Å². The third kappa shape index (κ3) is 2.67. The molecular weight excluding hydrogens is 330 g/mol. The summed E-state index contributed by atoms with van der Waals surface area (Å²) in [5.41, 5.74) is 1.16. The van der Waals surface area contributed by atoms with Crippen LogP contribution in [-0.2, 0) is 0 Å². The Morgan fingerprint density at radius 3 is 3.00 bits per heavy atom. The van der Waals surface area contributed by atoms with Gasteiger partial charge in [-0.15, -0.1) is 0 Å². The summed E-state index contributed by atoms with van der Waals surface area (Å²) < 4.78 is 2.91. The molecule has 6 heteroatoms. The van der Waals surface area contributed by atoms with Crippen LogP contribution in [0, 0.1) is 0 Å². The Bertz CT molecular complexity index is 637. The molecule has 1 aliphatic carbocycles. The van der Waals surface area contributed by atoms with Crippen molar-refractivity contribution in [3.8, 4) is 0 Å². The lowest BCUT2D eigenvalue weighted by atomic mass is 10.3. The molecule has 2 aromatic rings. The number of nitrogens with zero attached hydrogens (tertiary/aromatic N) is 2. The van der Waals surface area contributed by atoms with E-state index in [-0.39, 0.29) is 5.91 Å². The van der Waals surface area contributed by atoms with Crippen molar-refractivity contribution in [3.63, 3.8) is 0 Å². The van der Waals surface area contributed by atoms with E-state index < -0.39 is 0 Å². The first-order valence-electron chi connectivity index (χ1n) is 5.94. The Kier molecular flexibility index (Phi) is 3.33. The Morgan fingerprint density at radius 1 is 1.53 bits per heavy atom. The maximum Gasteiger partial charge on any atom is 0.272 e. The van der Waals surface area contributed by atoms with Gasteiger partial charge in [-0.05, 0) is 47.0 Å². The molecule has 19 heavy (non-hydrogen) atoms. The zero-order valence-corrected chi connectivity index (χ0v) is 12.3. The van der Waals surface area contributed by atoms with Crippen molar-refractivity contribution < 1.29 is 4.79 Å². The summed E-state index contributed by atoms with van der Waals surface area (Å²) in [6.07, 6.45) is 5.77. The maximum absolute atomic E-state index is 12.3. The van der Waals surface area contributed by atoms with Crippen LogP contribution in [0.2, 0.25) is 5.15 Å². The number of nitrogens with one attached hydrogen (secondary N) is 1. The van der Waals surface area contributed by atoms with Crippen molar-refractivity contribution in [3.05, 3.63) is 45.9 Å². The van der Waals surface area contributed by atoms with Gasteiger partial charge in [0.15, 0.2) is 5.15 Å². The second kappa shape index (κ2) is 4.98. The third-order valence-corrected chi connectivity index (χ3v) is 3.73. The van der Waals surface area contributed by atoms with Gasteiger partial charge < -0.3 is 9.88 Å². The molecule has 98 valence electrons. The van der Waals surface area contributed by atoms with E-state index >= 15 is 0 Å². The van der Waals surface area contributed by atoms with Crippen molar-refractivity contribution in [2.75, 3.05) is 5.32 Å². The number of rotatable bonds is 3. The first-order chi connectivity index (χ1) is 9.15. The van der Waals surface area contributed by atoms with E-state index in [1.54, 1.807) is 18.3 Å². The molecule has 0 saturated heterocycles. The zero-order chi connectivity index (χ0) is 13.4. The van der Waals surface area contributed by atoms with Crippen LogP contribution in [0.5, 0.6) is 0 Å². The van der Waals surface area contributed by atoms with E-state index in [1.165, 1.54) is 0 Å². The monoisotopic (exact) mass is 339 g/mol. The highest BCUT2D eigenvalue weighted by molar-refractivity contribution is 9.10. The van der Waals surface area contributed by atoms with Crippen LogP contribution in [0.25, 0.3) is 0 Å². The van der Waals surface area contributed by atoms with Crippen molar-refractivity contribution in [1.29, 1.82) is 0 Å². The fraction of sp³-hybridized carbons (Fsp3) is 0.231. The van der Waals surface area contributed by atoms with Gasteiger partial charge in [-0.2, -0.15) is 0 Å². The SMILES string of the molecule is O=C(Nc1cccnc1Cl)c1cc(Br)cn1C1CC1. The standard InChI is InChI=1S/C13H11BrClN3O/c14-8-6-11(18(7-8)9-3-4-9)13(19)17-10-2-1-5-16-12(10)15/h1-2,5-7,9H,3-4H2,(H,17,19). The van der Waals surface area contributed by atoms with Gasteiger partial charge in [0, 0.05) is 22.9 Å². The average Bonchev–Trinajstić information content (AvgIpc) is 3.15. The number of carbonyl (C=O) groups is 1. The summed E-state index contributed by atoms with van der Waals surface area (Å²) in [7, 11) is 0. The first-order valence-corrected chi connectivity index (χ1v) is 7.11. The van der Waals surface area contributed by atoms with Gasteiger partial charge in [0.1, 0.15) is 5.69 Å². The lowest BCUT2D eigenvalue weighted by Crippen LogP contribution is -2.16. The smallest absolute Gasteiger partial charge is 0.272 e. The molecule has 1 N–H and O–H groups in total. The molecule has 2 aromatic heterocycles. The second-order valence-electron chi connectivity index (χ2n) is 4.48. The van der Waals surface area contributed by atoms with Gasteiger partial charge >= 0.3 is 0 Å². The highest BCUT2D eigenvalue weighted by Crippen LogP contribution is 2.37. The molecule has 4 nitrogen and oxygen atoms in total. The highest BCUT2D eigenvalue weighted by atomic mass is 79.9. The average molecular weight is 341 g/mol. The predicted molar refractivity (Wildman–Crippen MR) is 77.6 cm³/mol. The molecule has 0 radical (unpaired) electrons. The molecule has 1 fully saturated rings. The molecular formula is C13H11BrClN3O. The Balaban J connectivity index is 1.86. The van der Waals surface area contributed by atoms with E-state index in [0.717, 1.165) is 17.3 Å². The van der Waals surface area contributed by atoms with Gasteiger partial charge in [0.25, 0.3) is 5.91 Å². The van der Waals surface area contributed by atoms with Crippen LogP contribution < -0.4 is 5.32 Å². The van der Waals surface area contributed by atoms with E-state index in [2.05, 4.69) is 26.2 Å². The van der Waals surface area contributed by atoms with Crippen LogP contribution in [0.1, 0.15) is 29.4 Å². The van der Waals surface area contributed by atoms with Crippen LogP contribution in [0.3, 0.4) is 0 Å². The van der Waals surface area contributed by atoms with Crippen molar-refractivity contribution in [1.82, 2.24) is 9.55 Å². The predicted octanol–water partition coefficient (Wildman–Crippen LogP) is 3.89. The molecule has 1 saturated carbocycles. The Hall–Kier alpha value is -1.33. The molecule has 2 heterocycles. The summed E-state index contributed by atoms with van der Waals surface area (Å²) in [6.45, 7) is 0. The number of pyridine rings is 1. The minimum Gasteiger partial charge on any atom is -0.339 e. The number of anilines is 1. The number of aromatic nitrogens is 2. The van der Waals surface area contributed by atoms with Crippen LogP contribution in [-0.4, -0.2) is 15.5 Å². The van der Waals surface area contributed by atoms with Crippen LogP contribution in [0.4, 0.5) is 5.69 Å². The van der Waals surface area contributed by atoms with E-state index in [4.69, 9.17) is 11.6 Å². The van der Waals surface area contributed by atoms with Crippen molar-refractivity contribution >= 4 is 39.1 Å². The molecule has 1 aliphatic rings. The fourth-order valence-corrected chi connectivity index (χ4v) is 2.55. The van der Waals surface area contributed by atoms with Gasteiger partial charge in [0.05, 0.1) is 5.69 Å². The molecule has 3 rings (SSSR count). The summed E-state index contributed by atoms with van der Waals surface area (Å²) in [5.74, 6) is -0.174. The fourth-order valence-electron chi connectivity index (χ4n) is 1.95. The lowest BCUT2D eigenvalue weighted by molar-refractivity contribution is 0.101. The largest absolute Gasteiger partial charge is 0.339 e. The van der Waals surface area contributed by atoms with E-state index in [0.29, 0.717) is 22.6 Å². The van der Waals surface area contributed by atoms with Gasteiger partial charge in [-0.3, -0.25) is 4.79 Å². The van der Waals surface area contributed by atoms with E-state index in [9.17, 15) is 4.79 Å². The number of halogens is 2. The molecule has 0 bridgehead atoms. The first kappa shape index (κ1) is 12.7. The number of hydrogen-bond acceptors (Lipinski definition) is 2. The van der Waals surface area contributed by atoms with Crippen molar-refractivity contribution in [2.24, 2.45) is 0 Å². The quantitative estimate of drug-likeness (QED) is 0.862. The van der Waals surface area contributed by atoms with Crippen LogP contribution >= 0.6 is 27.5 Å². The molecule has 0 aliphatic heterocycles. The molecule has 1 amide bonds. The lowest BCUT2D eigenvalue weighted by Gasteiger charge is -2.09. The Labute approximate surface area is 123 Å². The van der Waals surface area contributed by atoms with Gasteiger partial charge in [-0.1, -0.05) is 11.6 Å². The van der Waals surface area contributed by atoms with Crippen LogP contribution in [0.15, 0.2) is 35.1 Å². The summed E-state index contributed by atoms with van der Waals surface area (Å²) in [4.78, 5) is 16.2. The minimum atomic E-state index is -0.174. The third-order valence-electron chi connectivity index (χ3n) is 3.00. The number of amides is 1. The zero-order valence-electron chi connectivity index (χ0n) is 9.94. The molecule has 0 atom stereocenters. The number of hydrogen-bond donors (Lipinski definition) is 1. The second-order valence-corrected chi connectivity index (χ2v) is 5.75. The summed E-state index contributed by atoms with van der Waals surface area (Å²) in [5, 5.41) is 3.08. The highest BCUT2D eigenvalue weighted by Gasteiger charge is 2.27. The van der Waals surface area contributed by atoms with Gasteiger partial charge in [0.2, 0.25) is 0 Å². The van der Waals surface area contributed by atoms with Crippen molar-refractivity contribution in [2.45, 2.75) is 18.9 Å². The maximum atomic E-state index is 12.3. The van der Waals surface area contributed by atoms with E-state index in [1.807, 2.05) is 16.8 Å². The minimum absolute atomic E-state index is 0.174. The number of carbonyl (C=O) groups excluding carboxylic acids is 1. The van der Waals surface area contributed by atoms with Gasteiger partial charge in [-0.25, -0.2) is 4.98 Å². The Morgan fingerprint density at radius 2 is 2.32 bits per heavy atom. The molecule has 0 unspecified atom stereocenters. The summed E-state index contributed by atoms with van der Waals surface area (Å²) >= 11 is 9.34.